The third-order valence-corrected chi connectivity index (χ3v) is 4.34. The molecule has 0 aromatic heterocycles. The van der Waals surface area contributed by atoms with Gasteiger partial charge in [0.15, 0.2) is 0 Å². The zero-order valence-electron chi connectivity index (χ0n) is 8.29. The summed E-state index contributed by atoms with van der Waals surface area (Å²) in [6.45, 7) is 0. The number of rotatable bonds is 2. The van der Waals surface area contributed by atoms with Crippen molar-refractivity contribution in [3.63, 3.8) is 0 Å². The molecule has 2 aliphatic carbocycles. The molecule has 4 heteroatoms. The van der Waals surface area contributed by atoms with Crippen LogP contribution in [0, 0.1) is 0 Å². The maximum atomic E-state index is 4.58. The second-order valence-corrected chi connectivity index (χ2v) is 5.23. The van der Waals surface area contributed by atoms with Crippen molar-refractivity contribution >= 4 is 0 Å². The highest BCUT2D eigenvalue weighted by Gasteiger charge is 2.61. The Bertz CT molecular complexity index is 285. The lowest BCUT2D eigenvalue weighted by atomic mass is 10.2. The predicted octanol–water partition coefficient (Wildman–Crippen LogP) is 1.14. The van der Waals surface area contributed by atoms with Gasteiger partial charge in [0.2, 0.25) is 0 Å². The van der Waals surface area contributed by atoms with E-state index in [1.54, 1.807) is 0 Å². The molecule has 4 fully saturated rings. The molecule has 4 atom stereocenters. The first-order chi connectivity index (χ1) is 6.83. The Morgan fingerprint density at radius 1 is 0.857 bits per heavy atom. The number of piperidine rings is 2. The summed E-state index contributed by atoms with van der Waals surface area (Å²) in [5, 5.41) is 16.1. The monoisotopic (exact) mass is 192 g/mol. The van der Waals surface area contributed by atoms with Crippen LogP contribution >= 0.6 is 0 Å². The topological polar surface area (TPSA) is 68.6 Å². The molecule has 2 heterocycles. The summed E-state index contributed by atoms with van der Waals surface area (Å²) in [7, 11) is 0. The molecular formula is C10H16N4. The van der Waals surface area contributed by atoms with Crippen LogP contribution < -0.4 is 10.6 Å². The molecule has 0 spiro atoms. The second-order valence-electron chi connectivity index (χ2n) is 5.23. The zero-order chi connectivity index (χ0) is 9.23. The van der Waals surface area contributed by atoms with Crippen LogP contribution in [0.5, 0.6) is 0 Å². The van der Waals surface area contributed by atoms with E-state index in [-0.39, 0.29) is 11.3 Å². The summed E-state index contributed by atoms with van der Waals surface area (Å²) in [6.07, 6.45) is 7.62. The average molecular weight is 192 g/mol. The standard InChI is InChI=1S/C10H16N4/c1-3-7-9(5-1,11-7)13-14-10-6-2-4-8(10)12-10/h7-8,11-12H,1-6H2. The van der Waals surface area contributed by atoms with Gasteiger partial charge in [0, 0.05) is 12.1 Å². The first-order valence-corrected chi connectivity index (χ1v) is 5.83. The Morgan fingerprint density at radius 3 is 1.64 bits per heavy atom. The zero-order valence-corrected chi connectivity index (χ0v) is 8.29. The first-order valence-electron chi connectivity index (χ1n) is 5.83. The lowest BCUT2D eigenvalue weighted by Gasteiger charge is -2.05. The largest absolute Gasteiger partial charge is 0.284 e. The predicted molar refractivity (Wildman–Crippen MR) is 51.9 cm³/mol. The highest BCUT2D eigenvalue weighted by atomic mass is 15.5. The fraction of sp³-hybridized carbons (Fsp3) is 1.00. The smallest absolute Gasteiger partial charge is 0.147 e. The summed E-state index contributed by atoms with van der Waals surface area (Å²) in [4.78, 5) is 0. The normalized spacial score (nSPS) is 58.9. The van der Waals surface area contributed by atoms with Crippen LogP contribution in [0.3, 0.4) is 0 Å². The van der Waals surface area contributed by atoms with Crippen LogP contribution in [0.25, 0.3) is 0 Å². The molecule has 14 heavy (non-hydrogen) atoms. The van der Waals surface area contributed by atoms with Gasteiger partial charge in [0.25, 0.3) is 0 Å². The third-order valence-electron chi connectivity index (χ3n) is 4.34. The van der Waals surface area contributed by atoms with Crippen molar-refractivity contribution in [3.8, 4) is 0 Å². The molecular weight excluding hydrogens is 176 g/mol. The van der Waals surface area contributed by atoms with Crippen LogP contribution in [0.1, 0.15) is 38.5 Å². The summed E-state index contributed by atoms with van der Waals surface area (Å²) < 4.78 is 0. The minimum Gasteiger partial charge on any atom is -0.284 e. The molecule has 0 amide bonds. The number of hydrogen-bond donors (Lipinski definition) is 2. The molecule has 2 N–H and O–H groups in total. The Balaban J connectivity index is 1.52. The van der Waals surface area contributed by atoms with E-state index >= 15 is 0 Å². The number of azo groups is 1. The molecule has 0 aromatic rings. The Morgan fingerprint density at radius 2 is 1.36 bits per heavy atom. The van der Waals surface area contributed by atoms with E-state index in [4.69, 9.17) is 0 Å². The van der Waals surface area contributed by atoms with Gasteiger partial charge < -0.3 is 0 Å². The molecule has 4 nitrogen and oxygen atoms in total. The lowest BCUT2D eigenvalue weighted by Crippen LogP contribution is -2.14. The highest BCUT2D eigenvalue weighted by molar-refractivity contribution is 5.19. The summed E-state index contributed by atoms with van der Waals surface area (Å²) in [5.41, 5.74) is 0.179. The number of nitrogens with one attached hydrogen (secondary N) is 2. The van der Waals surface area contributed by atoms with Crippen LogP contribution in [0.15, 0.2) is 10.2 Å². The lowest BCUT2D eigenvalue weighted by molar-refractivity contribution is 0.516. The van der Waals surface area contributed by atoms with Gasteiger partial charge in [-0.15, -0.1) is 0 Å². The molecule has 4 aliphatic rings. The highest BCUT2D eigenvalue weighted by Crippen LogP contribution is 2.47. The van der Waals surface area contributed by atoms with Gasteiger partial charge in [-0.25, -0.2) is 0 Å². The first kappa shape index (κ1) is 7.77. The molecule has 2 saturated carbocycles. The molecule has 76 valence electrons. The molecule has 4 unspecified atom stereocenters. The van der Waals surface area contributed by atoms with Gasteiger partial charge in [-0.2, -0.15) is 10.2 Å². The van der Waals surface area contributed by atoms with E-state index in [1.165, 1.54) is 38.5 Å². The van der Waals surface area contributed by atoms with Gasteiger partial charge in [0.1, 0.15) is 11.3 Å². The van der Waals surface area contributed by atoms with Crippen molar-refractivity contribution in [2.75, 3.05) is 0 Å². The fourth-order valence-corrected chi connectivity index (χ4v) is 3.26. The van der Waals surface area contributed by atoms with Crippen molar-refractivity contribution < 1.29 is 0 Å². The van der Waals surface area contributed by atoms with Crippen molar-refractivity contribution in [3.05, 3.63) is 0 Å². The summed E-state index contributed by atoms with van der Waals surface area (Å²) >= 11 is 0. The fourth-order valence-electron chi connectivity index (χ4n) is 3.26. The molecule has 4 rings (SSSR count). The second kappa shape index (κ2) is 2.19. The van der Waals surface area contributed by atoms with Gasteiger partial charge in [-0.3, -0.25) is 10.6 Å². The summed E-state index contributed by atoms with van der Waals surface area (Å²) in [5.74, 6) is 0. The Hall–Kier alpha value is -0.480. The van der Waals surface area contributed by atoms with Crippen LogP contribution in [-0.4, -0.2) is 23.4 Å². The number of nitrogens with zero attached hydrogens (tertiary/aromatic N) is 2. The van der Waals surface area contributed by atoms with Crippen molar-refractivity contribution in [2.24, 2.45) is 10.2 Å². The van der Waals surface area contributed by atoms with Crippen LogP contribution in [-0.2, 0) is 0 Å². The Kier molecular flexibility index (Phi) is 1.22. The maximum absolute atomic E-state index is 4.58. The molecule has 0 bridgehead atoms. The quantitative estimate of drug-likeness (QED) is 0.509. The number of fused-ring (bicyclic) bond motifs is 2. The van der Waals surface area contributed by atoms with Crippen LogP contribution in [0.4, 0.5) is 0 Å². The molecule has 0 radical (unpaired) electrons. The molecule has 2 saturated heterocycles. The summed E-state index contributed by atoms with van der Waals surface area (Å²) in [6, 6.07) is 1.31. The van der Waals surface area contributed by atoms with Crippen molar-refractivity contribution in [1.29, 1.82) is 0 Å². The van der Waals surface area contributed by atoms with E-state index in [0.717, 1.165) is 0 Å². The molecule has 0 aromatic carbocycles. The van der Waals surface area contributed by atoms with E-state index in [1.807, 2.05) is 0 Å². The SMILES string of the molecule is C1CC2NC2(N=NC23CCCC2N3)C1. The molecule has 2 aliphatic heterocycles. The van der Waals surface area contributed by atoms with E-state index < -0.39 is 0 Å². The van der Waals surface area contributed by atoms with E-state index in [9.17, 15) is 0 Å². The van der Waals surface area contributed by atoms with Gasteiger partial charge in [-0.1, -0.05) is 0 Å². The third kappa shape index (κ3) is 0.859. The van der Waals surface area contributed by atoms with Crippen molar-refractivity contribution in [2.45, 2.75) is 61.9 Å². The van der Waals surface area contributed by atoms with E-state index in [2.05, 4.69) is 20.9 Å². The average Bonchev–Trinajstić information content (AvgIpc) is 2.99. The van der Waals surface area contributed by atoms with Gasteiger partial charge >= 0.3 is 0 Å². The Labute approximate surface area is 83.5 Å². The number of hydrogen-bond acceptors (Lipinski definition) is 4. The van der Waals surface area contributed by atoms with Crippen LogP contribution in [0.2, 0.25) is 0 Å². The minimum atomic E-state index is 0.0894. The van der Waals surface area contributed by atoms with Crippen molar-refractivity contribution in [1.82, 2.24) is 10.6 Å². The minimum absolute atomic E-state index is 0.0894. The van der Waals surface area contributed by atoms with Gasteiger partial charge in [0.05, 0.1) is 0 Å². The van der Waals surface area contributed by atoms with E-state index in [0.29, 0.717) is 12.1 Å². The van der Waals surface area contributed by atoms with Gasteiger partial charge in [-0.05, 0) is 38.5 Å². The maximum Gasteiger partial charge on any atom is 0.147 e.